The summed E-state index contributed by atoms with van der Waals surface area (Å²) < 4.78 is 0. The van der Waals surface area contributed by atoms with Crippen molar-refractivity contribution in [3.63, 3.8) is 0 Å². The number of aromatic nitrogens is 2. The van der Waals surface area contributed by atoms with E-state index in [9.17, 15) is 4.79 Å². The van der Waals surface area contributed by atoms with Crippen molar-refractivity contribution in [2.75, 3.05) is 0 Å². The van der Waals surface area contributed by atoms with Crippen molar-refractivity contribution in [1.82, 2.24) is 10.2 Å². The number of aromatic amines is 1. The normalized spacial score (nSPS) is 12.9. The summed E-state index contributed by atoms with van der Waals surface area (Å²) in [6, 6.07) is 7.14. The van der Waals surface area contributed by atoms with Gasteiger partial charge >= 0.3 is 0 Å². The zero-order valence-corrected chi connectivity index (χ0v) is 7.53. The molecular formula is C10H10N3O. The highest BCUT2D eigenvalue weighted by molar-refractivity contribution is 5.81. The largest absolute Gasteiger partial charge is 0.321 e. The maximum atomic E-state index is 10.3. The van der Waals surface area contributed by atoms with Crippen LogP contribution in [-0.4, -0.2) is 22.5 Å². The summed E-state index contributed by atoms with van der Waals surface area (Å²) in [6.45, 7) is 0. The van der Waals surface area contributed by atoms with E-state index >= 15 is 0 Å². The minimum atomic E-state index is -0.596. The number of para-hydroxylation sites is 1. The summed E-state index contributed by atoms with van der Waals surface area (Å²) in [5, 5.41) is 7.99. The SMILES string of the molecule is NC([C]=O)Cc1n[nH]c2ccccc12. The van der Waals surface area contributed by atoms with Gasteiger partial charge in [-0.2, -0.15) is 5.10 Å². The van der Waals surface area contributed by atoms with Gasteiger partial charge in [0.05, 0.1) is 17.3 Å². The number of H-pyrrole nitrogens is 1. The van der Waals surface area contributed by atoms with Gasteiger partial charge in [-0.3, -0.25) is 9.89 Å². The molecule has 1 radical (unpaired) electrons. The fourth-order valence-corrected chi connectivity index (χ4v) is 1.43. The standard InChI is InChI=1S/C10H10N3O/c11-7(6-14)5-10-8-3-1-2-4-9(8)12-13-10/h1-4,7H,5,11H2,(H,12,13). The van der Waals surface area contributed by atoms with Crippen LogP contribution in [0.5, 0.6) is 0 Å². The molecule has 2 rings (SSSR count). The highest BCUT2D eigenvalue weighted by atomic mass is 16.1. The van der Waals surface area contributed by atoms with Crippen molar-refractivity contribution in [1.29, 1.82) is 0 Å². The molecule has 1 aromatic carbocycles. The van der Waals surface area contributed by atoms with E-state index in [0.29, 0.717) is 6.42 Å². The van der Waals surface area contributed by atoms with Gasteiger partial charge in [0.25, 0.3) is 0 Å². The molecular weight excluding hydrogens is 178 g/mol. The van der Waals surface area contributed by atoms with E-state index in [0.717, 1.165) is 16.6 Å². The van der Waals surface area contributed by atoms with E-state index in [1.807, 2.05) is 24.3 Å². The Hall–Kier alpha value is -1.68. The van der Waals surface area contributed by atoms with Crippen LogP contribution in [0.4, 0.5) is 0 Å². The topological polar surface area (TPSA) is 71.8 Å². The molecule has 4 heteroatoms. The predicted octanol–water partition coefficient (Wildman–Crippen LogP) is 0.542. The molecule has 4 nitrogen and oxygen atoms in total. The third kappa shape index (κ3) is 1.52. The van der Waals surface area contributed by atoms with E-state index in [1.54, 1.807) is 6.29 Å². The van der Waals surface area contributed by atoms with E-state index in [-0.39, 0.29) is 0 Å². The zero-order chi connectivity index (χ0) is 9.97. The second-order valence-electron chi connectivity index (χ2n) is 3.14. The average Bonchev–Trinajstić information content (AvgIpc) is 2.62. The van der Waals surface area contributed by atoms with Gasteiger partial charge in [0.15, 0.2) is 0 Å². The molecule has 1 atom stereocenters. The van der Waals surface area contributed by atoms with Crippen LogP contribution in [0.15, 0.2) is 24.3 Å². The molecule has 14 heavy (non-hydrogen) atoms. The van der Waals surface area contributed by atoms with E-state index in [2.05, 4.69) is 10.2 Å². The fraction of sp³-hybridized carbons (Fsp3) is 0.200. The van der Waals surface area contributed by atoms with Gasteiger partial charge in [-0.25, -0.2) is 0 Å². The maximum Gasteiger partial charge on any atom is 0.217 e. The molecule has 0 aliphatic rings. The van der Waals surface area contributed by atoms with E-state index < -0.39 is 6.04 Å². The molecule has 1 heterocycles. The zero-order valence-electron chi connectivity index (χ0n) is 7.53. The molecule has 2 aromatic rings. The van der Waals surface area contributed by atoms with Gasteiger partial charge in [0.2, 0.25) is 6.29 Å². The predicted molar refractivity (Wildman–Crippen MR) is 53.5 cm³/mol. The second kappa shape index (κ2) is 3.59. The van der Waals surface area contributed by atoms with Gasteiger partial charge in [0.1, 0.15) is 0 Å². The van der Waals surface area contributed by atoms with Crippen molar-refractivity contribution in [2.24, 2.45) is 5.73 Å². The lowest BCUT2D eigenvalue weighted by Crippen LogP contribution is -2.24. The first kappa shape index (κ1) is 8.90. The Labute approximate surface area is 81.1 Å². The van der Waals surface area contributed by atoms with E-state index in [1.165, 1.54) is 0 Å². The van der Waals surface area contributed by atoms with Gasteiger partial charge in [-0.05, 0) is 6.07 Å². The van der Waals surface area contributed by atoms with Gasteiger partial charge in [-0.15, -0.1) is 0 Å². The van der Waals surface area contributed by atoms with Gasteiger partial charge in [0, 0.05) is 11.8 Å². The lowest BCUT2D eigenvalue weighted by molar-refractivity contribution is 0.540. The Morgan fingerprint density at radius 2 is 2.29 bits per heavy atom. The Morgan fingerprint density at radius 1 is 1.50 bits per heavy atom. The molecule has 0 spiro atoms. The Balaban J connectivity index is 2.38. The van der Waals surface area contributed by atoms with Crippen molar-refractivity contribution >= 4 is 17.2 Å². The number of fused-ring (bicyclic) bond motifs is 1. The quantitative estimate of drug-likeness (QED) is 0.738. The monoisotopic (exact) mass is 188 g/mol. The Morgan fingerprint density at radius 3 is 3.07 bits per heavy atom. The number of hydrogen-bond acceptors (Lipinski definition) is 3. The number of benzene rings is 1. The Kier molecular flexibility index (Phi) is 2.28. The second-order valence-corrected chi connectivity index (χ2v) is 3.14. The summed E-state index contributed by atoms with van der Waals surface area (Å²) in [6.07, 6.45) is 2.17. The van der Waals surface area contributed by atoms with Gasteiger partial charge in [-0.1, -0.05) is 18.2 Å². The van der Waals surface area contributed by atoms with Crippen LogP contribution in [0.3, 0.4) is 0 Å². The van der Waals surface area contributed by atoms with Crippen molar-refractivity contribution in [3.05, 3.63) is 30.0 Å². The molecule has 0 bridgehead atoms. The lowest BCUT2D eigenvalue weighted by Gasteiger charge is -1.98. The first-order valence-electron chi connectivity index (χ1n) is 4.36. The van der Waals surface area contributed by atoms with Crippen LogP contribution < -0.4 is 5.73 Å². The molecule has 0 fully saturated rings. The minimum Gasteiger partial charge on any atom is -0.321 e. The summed E-state index contributed by atoms with van der Waals surface area (Å²) >= 11 is 0. The molecule has 0 saturated carbocycles. The van der Waals surface area contributed by atoms with Crippen molar-refractivity contribution in [3.8, 4) is 0 Å². The van der Waals surface area contributed by atoms with Gasteiger partial charge < -0.3 is 5.73 Å². The molecule has 0 amide bonds. The number of carbonyl (C=O) groups excluding carboxylic acids is 1. The summed E-state index contributed by atoms with van der Waals surface area (Å²) in [5.74, 6) is 0. The van der Waals surface area contributed by atoms with Crippen LogP contribution in [0.1, 0.15) is 5.69 Å². The third-order valence-corrected chi connectivity index (χ3v) is 2.11. The maximum absolute atomic E-state index is 10.3. The highest BCUT2D eigenvalue weighted by Gasteiger charge is 2.09. The molecule has 0 saturated heterocycles. The highest BCUT2D eigenvalue weighted by Crippen LogP contribution is 2.15. The molecule has 71 valence electrons. The van der Waals surface area contributed by atoms with Crippen molar-refractivity contribution in [2.45, 2.75) is 12.5 Å². The third-order valence-electron chi connectivity index (χ3n) is 2.11. The summed E-state index contributed by atoms with van der Waals surface area (Å²) in [7, 11) is 0. The summed E-state index contributed by atoms with van der Waals surface area (Å²) in [4.78, 5) is 10.3. The summed E-state index contributed by atoms with van der Waals surface area (Å²) in [5.41, 5.74) is 7.25. The smallest absolute Gasteiger partial charge is 0.217 e. The Bertz CT molecular complexity index is 449. The number of nitrogens with zero attached hydrogens (tertiary/aromatic N) is 1. The van der Waals surface area contributed by atoms with Crippen molar-refractivity contribution < 1.29 is 4.79 Å². The van der Waals surface area contributed by atoms with Crippen LogP contribution in [0.25, 0.3) is 10.9 Å². The van der Waals surface area contributed by atoms with E-state index in [4.69, 9.17) is 5.73 Å². The number of hydrogen-bond donors (Lipinski definition) is 2. The first-order chi connectivity index (χ1) is 6.81. The van der Waals surface area contributed by atoms with Crippen LogP contribution in [0.2, 0.25) is 0 Å². The van der Waals surface area contributed by atoms with Crippen LogP contribution in [0, 0.1) is 0 Å². The van der Waals surface area contributed by atoms with Crippen LogP contribution in [-0.2, 0) is 11.2 Å². The minimum absolute atomic E-state index is 0.424. The molecule has 1 aromatic heterocycles. The first-order valence-corrected chi connectivity index (χ1v) is 4.36. The number of nitrogens with two attached hydrogens (primary N) is 1. The molecule has 3 N–H and O–H groups in total. The molecule has 0 aliphatic carbocycles. The number of nitrogens with one attached hydrogen (secondary N) is 1. The van der Waals surface area contributed by atoms with Crippen LogP contribution >= 0.6 is 0 Å². The number of rotatable bonds is 3. The lowest BCUT2D eigenvalue weighted by atomic mass is 10.1. The molecule has 0 aliphatic heterocycles. The average molecular weight is 188 g/mol. The fourth-order valence-electron chi connectivity index (χ4n) is 1.43. The molecule has 1 unspecified atom stereocenters.